The zero-order valence-corrected chi connectivity index (χ0v) is 9.78. The third-order valence-electron chi connectivity index (χ3n) is 4.68. The fourth-order valence-electron chi connectivity index (χ4n) is 3.91. The average Bonchev–Trinajstić information content (AvgIpc) is 3.00. The van der Waals surface area contributed by atoms with Gasteiger partial charge in [-0.25, -0.2) is 0 Å². The van der Waals surface area contributed by atoms with Gasteiger partial charge in [-0.3, -0.25) is 4.79 Å². The molecule has 2 saturated carbocycles. The summed E-state index contributed by atoms with van der Waals surface area (Å²) in [7, 11) is 0. The van der Waals surface area contributed by atoms with E-state index in [1.807, 2.05) is 0 Å². The van der Waals surface area contributed by atoms with Crippen molar-refractivity contribution in [3.63, 3.8) is 0 Å². The monoisotopic (exact) mass is 214 g/mol. The van der Waals surface area contributed by atoms with Crippen LogP contribution >= 0.6 is 0 Å². The predicted octanol–water partition coefficient (Wildman–Crippen LogP) is 3.55. The van der Waals surface area contributed by atoms with E-state index in [0.29, 0.717) is 17.6 Å². The molecule has 2 fully saturated rings. The van der Waals surface area contributed by atoms with Crippen molar-refractivity contribution in [3.8, 4) is 0 Å². The summed E-state index contributed by atoms with van der Waals surface area (Å²) < 4.78 is 0. The molecule has 0 spiro atoms. The van der Waals surface area contributed by atoms with Crippen molar-refractivity contribution in [3.05, 3.63) is 35.9 Å². The van der Waals surface area contributed by atoms with Crippen LogP contribution in [0.5, 0.6) is 0 Å². The van der Waals surface area contributed by atoms with Crippen molar-refractivity contribution in [2.45, 2.75) is 38.5 Å². The third kappa shape index (κ3) is 1.20. The summed E-state index contributed by atoms with van der Waals surface area (Å²) in [6, 6.07) is 10.6. The Morgan fingerprint density at radius 2 is 2.00 bits per heavy atom. The van der Waals surface area contributed by atoms with Gasteiger partial charge in [-0.2, -0.15) is 0 Å². The Hall–Kier alpha value is -1.11. The van der Waals surface area contributed by atoms with Gasteiger partial charge in [-0.1, -0.05) is 43.2 Å². The summed E-state index contributed by atoms with van der Waals surface area (Å²) >= 11 is 0. The molecule has 0 bridgehead atoms. The Morgan fingerprint density at radius 1 is 1.25 bits per heavy atom. The Bertz CT molecular complexity index is 409. The number of benzene rings is 1. The molecule has 3 atom stereocenters. The van der Waals surface area contributed by atoms with Gasteiger partial charge in [0, 0.05) is 11.3 Å². The van der Waals surface area contributed by atoms with E-state index in [9.17, 15) is 4.79 Å². The van der Waals surface area contributed by atoms with E-state index in [2.05, 4.69) is 30.3 Å². The number of fused-ring (bicyclic) bond motifs is 1. The largest absolute Gasteiger partial charge is 0.299 e. The van der Waals surface area contributed by atoms with Gasteiger partial charge in [0.05, 0.1) is 0 Å². The molecule has 16 heavy (non-hydrogen) atoms. The number of Topliss-reactive ketones (excluding diaryl/α,β-unsaturated/α-hetero) is 1. The maximum atomic E-state index is 11.9. The molecule has 0 amide bonds. The van der Waals surface area contributed by atoms with Crippen molar-refractivity contribution in [2.24, 2.45) is 11.3 Å². The highest BCUT2D eigenvalue weighted by Crippen LogP contribution is 2.71. The van der Waals surface area contributed by atoms with Crippen molar-refractivity contribution in [2.75, 3.05) is 0 Å². The summed E-state index contributed by atoms with van der Waals surface area (Å²) in [5.74, 6) is 1.58. The zero-order chi connectivity index (χ0) is 11.2. The molecule has 0 aliphatic heterocycles. The van der Waals surface area contributed by atoms with Gasteiger partial charge in [0.25, 0.3) is 0 Å². The molecule has 1 aromatic rings. The van der Waals surface area contributed by atoms with Gasteiger partial charge in [0.1, 0.15) is 5.78 Å². The minimum Gasteiger partial charge on any atom is -0.299 e. The van der Waals surface area contributed by atoms with E-state index in [-0.39, 0.29) is 5.41 Å². The SMILES string of the molecule is CC(=O)[C@@]12CCCC[C@@H]1[C@H]2c1ccccc1. The van der Waals surface area contributed by atoms with Crippen LogP contribution in [0.2, 0.25) is 0 Å². The molecule has 2 aliphatic carbocycles. The smallest absolute Gasteiger partial charge is 0.136 e. The van der Waals surface area contributed by atoms with E-state index in [1.54, 1.807) is 6.92 Å². The van der Waals surface area contributed by atoms with Gasteiger partial charge in [0.2, 0.25) is 0 Å². The molecule has 0 radical (unpaired) electrons. The molecule has 1 nitrogen and oxygen atoms in total. The molecule has 0 N–H and O–H groups in total. The van der Waals surface area contributed by atoms with Crippen LogP contribution in [0.25, 0.3) is 0 Å². The Balaban J connectivity index is 1.96. The molecule has 0 aromatic heterocycles. The number of hydrogen-bond donors (Lipinski definition) is 0. The molecule has 84 valence electrons. The van der Waals surface area contributed by atoms with Crippen LogP contribution in [0.15, 0.2) is 30.3 Å². The highest BCUT2D eigenvalue weighted by atomic mass is 16.1. The summed E-state index contributed by atoms with van der Waals surface area (Å²) in [6.45, 7) is 1.79. The van der Waals surface area contributed by atoms with Gasteiger partial charge in [-0.15, -0.1) is 0 Å². The van der Waals surface area contributed by atoms with Gasteiger partial charge in [0.15, 0.2) is 0 Å². The molecule has 0 unspecified atom stereocenters. The van der Waals surface area contributed by atoms with E-state index in [4.69, 9.17) is 0 Å². The Kier molecular flexibility index (Phi) is 2.17. The van der Waals surface area contributed by atoms with Gasteiger partial charge < -0.3 is 0 Å². The summed E-state index contributed by atoms with van der Waals surface area (Å²) in [5, 5.41) is 0. The summed E-state index contributed by atoms with van der Waals surface area (Å²) in [4.78, 5) is 11.9. The normalized spacial score (nSPS) is 36.6. The first-order valence-electron chi connectivity index (χ1n) is 6.33. The van der Waals surface area contributed by atoms with Crippen molar-refractivity contribution < 1.29 is 4.79 Å². The lowest BCUT2D eigenvalue weighted by molar-refractivity contribution is -0.123. The lowest BCUT2D eigenvalue weighted by atomic mass is 9.84. The Labute approximate surface area is 96.9 Å². The maximum absolute atomic E-state index is 11.9. The molecule has 1 aromatic carbocycles. The standard InChI is InChI=1S/C15H18O/c1-11(16)15-10-6-5-9-13(15)14(15)12-7-3-2-4-8-12/h2-4,7-8,13-14H,5-6,9-10H2,1H3/t13-,14-,15+/m1/s1. The van der Waals surface area contributed by atoms with Crippen molar-refractivity contribution >= 4 is 5.78 Å². The predicted molar refractivity (Wildman–Crippen MR) is 64.3 cm³/mol. The second kappa shape index (κ2) is 3.44. The first-order chi connectivity index (χ1) is 7.77. The number of hydrogen-bond acceptors (Lipinski definition) is 1. The first-order valence-corrected chi connectivity index (χ1v) is 6.33. The van der Waals surface area contributed by atoms with E-state index < -0.39 is 0 Å². The second-order valence-electron chi connectivity index (χ2n) is 5.34. The summed E-state index contributed by atoms with van der Waals surface area (Å²) in [6.07, 6.45) is 4.91. The lowest BCUT2D eigenvalue weighted by Gasteiger charge is -2.18. The average molecular weight is 214 g/mol. The summed E-state index contributed by atoms with van der Waals surface area (Å²) in [5.41, 5.74) is 1.41. The molecule has 2 aliphatic rings. The van der Waals surface area contributed by atoms with Crippen molar-refractivity contribution in [1.82, 2.24) is 0 Å². The van der Waals surface area contributed by atoms with Crippen LogP contribution in [-0.2, 0) is 4.79 Å². The topological polar surface area (TPSA) is 17.1 Å². The first kappa shape index (κ1) is 10.1. The van der Waals surface area contributed by atoms with Crippen LogP contribution in [0.3, 0.4) is 0 Å². The van der Waals surface area contributed by atoms with Crippen LogP contribution in [-0.4, -0.2) is 5.78 Å². The van der Waals surface area contributed by atoms with Crippen LogP contribution in [0.1, 0.15) is 44.1 Å². The van der Waals surface area contributed by atoms with Crippen LogP contribution < -0.4 is 0 Å². The fraction of sp³-hybridized carbons (Fsp3) is 0.533. The van der Waals surface area contributed by atoms with Gasteiger partial charge in [-0.05, 0) is 31.2 Å². The highest BCUT2D eigenvalue weighted by Gasteiger charge is 2.67. The van der Waals surface area contributed by atoms with Crippen LogP contribution in [0.4, 0.5) is 0 Å². The molecule has 0 heterocycles. The van der Waals surface area contributed by atoms with E-state index >= 15 is 0 Å². The molecular formula is C15H18O. The van der Waals surface area contributed by atoms with E-state index in [1.165, 1.54) is 24.8 Å². The number of ketones is 1. The van der Waals surface area contributed by atoms with Crippen molar-refractivity contribution in [1.29, 1.82) is 0 Å². The molecular weight excluding hydrogens is 196 g/mol. The number of rotatable bonds is 2. The third-order valence-corrected chi connectivity index (χ3v) is 4.68. The maximum Gasteiger partial charge on any atom is 0.136 e. The number of carbonyl (C=O) groups excluding carboxylic acids is 1. The lowest BCUT2D eigenvalue weighted by Crippen LogP contribution is -2.19. The number of carbonyl (C=O) groups is 1. The minimum absolute atomic E-state index is 0.0274. The molecule has 1 heteroatoms. The molecule has 0 saturated heterocycles. The fourth-order valence-corrected chi connectivity index (χ4v) is 3.91. The quantitative estimate of drug-likeness (QED) is 0.735. The highest BCUT2D eigenvalue weighted by molar-refractivity contribution is 5.88. The second-order valence-corrected chi connectivity index (χ2v) is 5.34. The van der Waals surface area contributed by atoms with Crippen LogP contribution in [0, 0.1) is 11.3 Å². The zero-order valence-electron chi connectivity index (χ0n) is 9.78. The molecule has 3 rings (SSSR count). The van der Waals surface area contributed by atoms with Gasteiger partial charge >= 0.3 is 0 Å². The minimum atomic E-state index is 0.0274. The van der Waals surface area contributed by atoms with E-state index in [0.717, 1.165) is 6.42 Å². The Morgan fingerprint density at radius 3 is 2.62 bits per heavy atom.